The first-order valence-corrected chi connectivity index (χ1v) is 10.3. The van der Waals surface area contributed by atoms with E-state index >= 15 is 0 Å². The first-order valence-electron chi connectivity index (χ1n) is 8.78. The summed E-state index contributed by atoms with van der Waals surface area (Å²) < 4.78 is 33.2. The van der Waals surface area contributed by atoms with Crippen LogP contribution in [0.3, 0.4) is 0 Å². The van der Waals surface area contributed by atoms with Crippen LogP contribution in [-0.4, -0.2) is 74.3 Å². The van der Waals surface area contributed by atoms with Crippen LogP contribution in [0.4, 0.5) is 4.79 Å². The molecule has 3 atom stereocenters. The molecular formula is C16H27N3O5S. The summed E-state index contributed by atoms with van der Waals surface area (Å²) in [4.78, 5) is 27.8. The smallest absolute Gasteiger partial charge is 0.326 e. The van der Waals surface area contributed by atoms with Gasteiger partial charge < -0.3 is 9.64 Å². The Bertz CT molecular complexity index is 661. The van der Waals surface area contributed by atoms with Crippen molar-refractivity contribution in [1.82, 2.24) is 14.5 Å². The summed E-state index contributed by atoms with van der Waals surface area (Å²) in [7, 11) is -0.442. The third-order valence-corrected chi connectivity index (χ3v) is 7.79. The summed E-state index contributed by atoms with van der Waals surface area (Å²) in [6.07, 6.45) is 2.94. The largest absolute Gasteiger partial charge is 0.383 e. The van der Waals surface area contributed by atoms with Crippen LogP contribution < -0.4 is 4.72 Å². The molecule has 0 aromatic heterocycles. The van der Waals surface area contributed by atoms with Crippen LogP contribution in [0.5, 0.6) is 0 Å². The van der Waals surface area contributed by atoms with Crippen LogP contribution >= 0.6 is 0 Å². The Hall–Kier alpha value is -1.19. The predicted octanol–water partition coefficient (Wildman–Crippen LogP) is 0.536. The summed E-state index contributed by atoms with van der Waals surface area (Å²) in [5.41, 5.74) is -0.316. The lowest BCUT2D eigenvalue weighted by atomic mass is 9.81. The van der Waals surface area contributed by atoms with Crippen LogP contribution in [0, 0.1) is 5.92 Å². The summed E-state index contributed by atoms with van der Waals surface area (Å²) >= 11 is 0. The van der Waals surface area contributed by atoms with Gasteiger partial charge >= 0.3 is 6.03 Å². The highest BCUT2D eigenvalue weighted by molar-refractivity contribution is 7.90. The maximum Gasteiger partial charge on any atom is 0.326 e. The molecule has 9 heteroatoms. The van der Waals surface area contributed by atoms with E-state index in [1.54, 1.807) is 12.0 Å². The van der Waals surface area contributed by atoms with Gasteiger partial charge in [0.2, 0.25) is 15.9 Å². The third-order valence-electron chi connectivity index (χ3n) is 5.71. The minimum absolute atomic E-state index is 0.241. The lowest BCUT2D eigenvalue weighted by Gasteiger charge is -2.47. The number of hydrogen-bond donors (Lipinski definition) is 1. The van der Waals surface area contributed by atoms with Crippen LogP contribution in [0.25, 0.3) is 0 Å². The molecule has 3 amide bonds. The number of fused-ring (bicyclic) bond motifs is 1. The van der Waals surface area contributed by atoms with Gasteiger partial charge in [0.05, 0.1) is 17.8 Å². The van der Waals surface area contributed by atoms with Crippen molar-refractivity contribution in [2.75, 3.05) is 27.3 Å². The summed E-state index contributed by atoms with van der Waals surface area (Å²) in [6, 6.07) is -0.567. The fourth-order valence-corrected chi connectivity index (χ4v) is 5.85. The van der Waals surface area contributed by atoms with Crippen molar-refractivity contribution in [1.29, 1.82) is 0 Å². The molecule has 3 rings (SSSR count). The van der Waals surface area contributed by atoms with Gasteiger partial charge in [-0.1, -0.05) is 0 Å². The molecule has 1 heterocycles. The minimum Gasteiger partial charge on any atom is -0.383 e. The van der Waals surface area contributed by atoms with Crippen LogP contribution in [-0.2, 0) is 19.6 Å². The maximum atomic E-state index is 12.7. The van der Waals surface area contributed by atoms with Crippen LogP contribution in [0.15, 0.2) is 0 Å². The molecule has 1 aliphatic heterocycles. The number of nitrogens with one attached hydrogen (secondary N) is 1. The number of rotatable bonds is 6. The second-order valence-corrected chi connectivity index (χ2v) is 9.64. The van der Waals surface area contributed by atoms with Gasteiger partial charge in [0, 0.05) is 32.3 Å². The Morgan fingerprint density at radius 2 is 1.96 bits per heavy atom. The molecule has 2 saturated carbocycles. The van der Waals surface area contributed by atoms with Gasteiger partial charge in [-0.2, -0.15) is 0 Å². The van der Waals surface area contributed by atoms with E-state index < -0.39 is 21.2 Å². The zero-order valence-electron chi connectivity index (χ0n) is 15.0. The summed E-state index contributed by atoms with van der Waals surface area (Å²) in [5, 5.41) is -0.582. The highest BCUT2D eigenvalue weighted by Crippen LogP contribution is 2.39. The van der Waals surface area contributed by atoms with Gasteiger partial charge in [-0.05, 0) is 39.0 Å². The number of carbonyl (C=O) groups excluding carboxylic acids is 2. The molecule has 1 N–H and O–H groups in total. The number of methoxy groups -OCH3 is 1. The van der Waals surface area contributed by atoms with Gasteiger partial charge in [-0.15, -0.1) is 0 Å². The van der Waals surface area contributed by atoms with Gasteiger partial charge in [-0.25, -0.2) is 17.9 Å². The standard InChI is InChI=1S/C16H27N3O5S/c1-16(6-7-16)17-25(22,23)11-4-5-13-12(10-11)14(20)18(2)15(21)19(13)8-9-24-3/h11-13,17H,4-10H2,1-3H3. The SMILES string of the molecule is COCCN1C(=O)N(C)C(=O)C2CC(S(=O)(=O)NC3(C)CC3)CCC21. The average Bonchev–Trinajstić information content (AvgIpc) is 3.28. The van der Waals surface area contributed by atoms with E-state index in [1.165, 1.54) is 7.05 Å². The fraction of sp³-hybridized carbons (Fsp3) is 0.875. The fourth-order valence-electron chi connectivity index (χ4n) is 3.88. The van der Waals surface area contributed by atoms with Gasteiger partial charge in [0.1, 0.15) is 0 Å². The molecule has 0 bridgehead atoms. The quantitative estimate of drug-likeness (QED) is 0.733. The van der Waals surface area contributed by atoms with E-state index in [0.717, 1.165) is 17.7 Å². The van der Waals surface area contributed by atoms with E-state index in [-0.39, 0.29) is 29.9 Å². The number of imide groups is 1. The molecule has 3 unspecified atom stereocenters. The predicted molar refractivity (Wildman–Crippen MR) is 91.4 cm³/mol. The third kappa shape index (κ3) is 3.54. The topological polar surface area (TPSA) is 96.0 Å². The normalized spacial score (nSPS) is 31.9. The zero-order valence-corrected chi connectivity index (χ0v) is 15.8. The Balaban J connectivity index is 1.76. The minimum atomic E-state index is -3.47. The zero-order chi connectivity index (χ0) is 18.4. The number of urea groups is 1. The second-order valence-electron chi connectivity index (χ2n) is 7.68. The van der Waals surface area contributed by atoms with Crippen molar-refractivity contribution in [2.45, 2.75) is 55.9 Å². The van der Waals surface area contributed by atoms with Gasteiger partial charge in [0.25, 0.3) is 0 Å². The van der Waals surface area contributed by atoms with E-state index in [4.69, 9.17) is 4.74 Å². The van der Waals surface area contributed by atoms with E-state index in [9.17, 15) is 18.0 Å². The van der Waals surface area contributed by atoms with Crippen molar-refractivity contribution < 1.29 is 22.7 Å². The molecule has 8 nitrogen and oxygen atoms in total. The maximum absolute atomic E-state index is 12.7. The lowest BCUT2D eigenvalue weighted by molar-refractivity contribution is -0.139. The molecule has 0 spiro atoms. The number of amides is 3. The molecule has 3 aliphatic rings. The number of hydrogen-bond acceptors (Lipinski definition) is 5. The van der Waals surface area contributed by atoms with Crippen molar-refractivity contribution in [3.63, 3.8) is 0 Å². The van der Waals surface area contributed by atoms with Crippen LogP contribution in [0.2, 0.25) is 0 Å². The van der Waals surface area contributed by atoms with E-state index in [1.807, 2.05) is 6.92 Å². The summed E-state index contributed by atoms with van der Waals surface area (Å²) in [5.74, 6) is -0.747. The van der Waals surface area contributed by atoms with Crippen LogP contribution in [0.1, 0.15) is 39.0 Å². The van der Waals surface area contributed by atoms with E-state index in [2.05, 4.69) is 4.72 Å². The molecule has 0 aromatic rings. The number of nitrogens with zero attached hydrogens (tertiary/aromatic N) is 2. The molecule has 0 aromatic carbocycles. The van der Waals surface area contributed by atoms with Crippen molar-refractivity contribution in [3.05, 3.63) is 0 Å². The summed E-state index contributed by atoms with van der Waals surface area (Å²) in [6.45, 7) is 2.70. The first-order chi connectivity index (χ1) is 11.7. The van der Waals surface area contributed by atoms with Gasteiger partial charge in [-0.3, -0.25) is 9.69 Å². The van der Waals surface area contributed by atoms with Crippen molar-refractivity contribution in [2.24, 2.45) is 5.92 Å². The Morgan fingerprint density at radius 1 is 1.28 bits per heavy atom. The van der Waals surface area contributed by atoms with Crippen molar-refractivity contribution in [3.8, 4) is 0 Å². The molecule has 0 radical (unpaired) electrons. The lowest BCUT2D eigenvalue weighted by Crippen LogP contribution is -2.63. The highest BCUT2D eigenvalue weighted by Gasteiger charge is 2.51. The number of carbonyl (C=O) groups is 2. The first kappa shape index (κ1) is 18.6. The molecular weight excluding hydrogens is 346 g/mol. The Labute approximate surface area is 148 Å². The van der Waals surface area contributed by atoms with Crippen molar-refractivity contribution >= 4 is 22.0 Å². The Kier molecular flexibility index (Phi) is 4.85. The molecule has 2 aliphatic carbocycles. The molecule has 142 valence electrons. The molecule has 1 saturated heterocycles. The monoisotopic (exact) mass is 373 g/mol. The molecule has 25 heavy (non-hydrogen) atoms. The Morgan fingerprint density at radius 3 is 2.56 bits per heavy atom. The number of sulfonamides is 1. The molecule has 3 fully saturated rings. The average molecular weight is 373 g/mol. The second kappa shape index (κ2) is 6.51. The number of ether oxygens (including phenoxy) is 1. The highest BCUT2D eigenvalue weighted by atomic mass is 32.2. The van der Waals surface area contributed by atoms with E-state index in [0.29, 0.717) is 26.0 Å². The van der Waals surface area contributed by atoms with Gasteiger partial charge in [0.15, 0.2) is 0 Å².